The quantitative estimate of drug-likeness (QED) is 0.860. The van der Waals surface area contributed by atoms with E-state index in [9.17, 15) is 0 Å². The smallest absolute Gasteiger partial charge is 0.0233 e. The fourth-order valence-electron chi connectivity index (χ4n) is 3.40. The normalized spacial score (nSPS) is 20.2. The van der Waals surface area contributed by atoms with Gasteiger partial charge in [-0.3, -0.25) is 4.90 Å². The number of halogens is 1. The van der Waals surface area contributed by atoms with Crippen LogP contribution >= 0.6 is 12.4 Å². The topological polar surface area (TPSA) is 15.3 Å². The first-order valence-electron chi connectivity index (χ1n) is 8.31. The molecule has 0 spiro atoms. The third-order valence-electron chi connectivity index (χ3n) is 4.92. The molecule has 2 fully saturated rings. The summed E-state index contributed by atoms with van der Waals surface area (Å²) in [6.45, 7) is 4.89. The summed E-state index contributed by atoms with van der Waals surface area (Å²) in [5, 5.41) is 3.28. The summed E-state index contributed by atoms with van der Waals surface area (Å²) in [5.74, 6) is 1.82. The van der Waals surface area contributed by atoms with E-state index in [0.29, 0.717) is 0 Å². The van der Waals surface area contributed by atoms with E-state index in [4.69, 9.17) is 0 Å². The van der Waals surface area contributed by atoms with Gasteiger partial charge in [-0.25, -0.2) is 0 Å². The minimum atomic E-state index is 0. The van der Waals surface area contributed by atoms with Crippen LogP contribution in [0.1, 0.15) is 49.1 Å². The molecular formula is C18H29ClN2. The van der Waals surface area contributed by atoms with Crippen LogP contribution in [0.5, 0.6) is 0 Å². The molecule has 1 N–H and O–H groups in total. The molecule has 0 unspecified atom stereocenters. The number of piperidine rings is 1. The standard InChI is InChI=1S/C18H28N2.ClH/c1-19-10-7-15-8-11-20(12-9-15)14-16-3-2-4-18(13-16)17-5-6-17;/h2-4,13,15,17,19H,5-12,14H2,1H3;1H. The Kier molecular flexibility index (Phi) is 6.53. The van der Waals surface area contributed by atoms with Crippen molar-refractivity contribution in [3.63, 3.8) is 0 Å². The highest BCUT2D eigenvalue weighted by atomic mass is 35.5. The van der Waals surface area contributed by atoms with Crippen molar-refractivity contribution in [2.75, 3.05) is 26.7 Å². The number of nitrogens with one attached hydrogen (secondary N) is 1. The first kappa shape index (κ1) is 16.8. The second-order valence-electron chi connectivity index (χ2n) is 6.63. The van der Waals surface area contributed by atoms with Crippen LogP contribution in [-0.4, -0.2) is 31.6 Å². The van der Waals surface area contributed by atoms with Crippen molar-refractivity contribution >= 4 is 12.4 Å². The van der Waals surface area contributed by atoms with Gasteiger partial charge in [-0.15, -0.1) is 12.4 Å². The molecule has 1 aliphatic carbocycles. The molecule has 1 saturated heterocycles. The van der Waals surface area contributed by atoms with E-state index in [1.807, 2.05) is 0 Å². The summed E-state index contributed by atoms with van der Waals surface area (Å²) in [5.41, 5.74) is 3.09. The van der Waals surface area contributed by atoms with E-state index in [-0.39, 0.29) is 12.4 Å². The zero-order valence-electron chi connectivity index (χ0n) is 13.2. The zero-order valence-corrected chi connectivity index (χ0v) is 14.0. The number of hydrogen-bond donors (Lipinski definition) is 1. The molecule has 1 aliphatic heterocycles. The molecule has 1 heterocycles. The third-order valence-corrected chi connectivity index (χ3v) is 4.92. The Labute approximate surface area is 135 Å². The van der Waals surface area contributed by atoms with Crippen LogP contribution in [-0.2, 0) is 6.54 Å². The van der Waals surface area contributed by atoms with E-state index in [2.05, 4.69) is 41.5 Å². The van der Waals surface area contributed by atoms with Gasteiger partial charge in [0.1, 0.15) is 0 Å². The Morgan fingerprint density at radius 3 is 2.57 bits per heavy atom. The lowest BCUT2D eigenvalue weighted by Gasteiger charge is -2.32. The van der Waals surface area contributed by atoms with Crippen molar-refractivity contribution in [1.82, 2.24) is 10.2 Å². The van der Waals surface area contributed by atoms with Crippen molar-refractivity contribution in [3.8, 4) is 0 Å². The average molecular weight is 309 g/mol. The SMILES string of the molecule is CNCCC1CCN(Cc2cccc(C3CC3)c2)CC1.Cl. The molecule has 2 aliphatic rings. The molecule has 0 amide bonds. The van der Waals surface area contributed by atoms with Crippen LogP contribution < -0.4 is 5.32 Å². The summed E-state index contributed by atoms with van der Waals surface area (Å²) in [7, 11) is 2.06. The first-order valence-corrected chi connectivity index (χ1v) is 8.31. The van der Waals surface area contributed by atoms with Crippen LogP contribution in [0.15, 0.2) is 24.3 Å². The Bertz CT molecular complexity index is 423. The highest BCUT2D eigenvalue weighted by Crippen LogP contribution is 2.40. The Morgan fingerprint density at radius 1 is 1.14 bits per heavy atom. The van der Waals surface area contributed by atoms with Gasteiger partial charge < -0.3 is 5.32 Å². The lowest BCUT2D eigenvalue weighted by Crippen LogP contribution is -2.34. The minimum absolute atomic E-state index is 0. The number of rotatable bonds is 6. The Morgan fingerprint density at radius 2 is 1.90 bits per heavy atom. The lowest BCUT2D eigenvalue weighted by atomic mass is 9.93. The van der Waals surface area contributed by atoms with Crippen molar-refractivity contribution in [1.29, 1.82) is 0 Å². The largest absolute Gasteiger partial charge is 0.320 e. The average Bonchev–Trinajstić information content (AvgIpc) is 3.32. The number of nitrogens with zero attached hydrogens (tertiary/aromatic N) is 1. The van der Waals surface area contributed by atoms with Gasteiger partial charge in [0.15, 0.2) is 0 Å². The fraction of sp³-hybridized carbons (Fsp3) is 0.667. The zero-order chi connectivity index (χ0) is 13.8. The maximum atomic E-state index is 3.28. The molecule has 21 heavy (non-hydrogen) atoms. The van der Waals surface area contributed by atoms with Gasteiger partial charge in [-0.2, -0.15) is 0 Å². The van der Waals surface area contributed by atoms with Gasteiger partial charge in [-0.05, 0) is 81.7 Å². The highest BCUT2D eigenvalue weighted by molar-refractivity contribution is 5.85. The van der Waals surface area contributed by atoms with E-state index in [1.165, 1.54) is 57.3 Å². The first-order chi connectivity index (χ1) is 9.85. The monoisotopic (exact) mass is 308 g/mol. The molecule has 0 bridgehead atoms. The van der Waals surface area contributed by atoms with Crippen molar-refractivity contribution in [2.24, 2.45) is 5.92 Å². The molecule has 1 aromatic carbocycles. The van der Waals surface area contributed by atoms with E-state index < -0.39 is 0 Å². The van der Waals surface area contributed by atoms with Crippen LogP contribution in [0.25, 0.3) is 0 Å². The molecule has 1 saturated carbocycles. The van der Waals surface area contributed by atoms with Gasteiger partial charge in [0.25, 0.3) is 0 Å². The van der Waals surface area contributed by atoms with Gasteiger partial charge >= 0.3 is 0 Å². The molecule has 3 heteroatoms. The molecule has 0 atom stereocenters. The Hall–Kier alpha value is -0.570. The summed E-state index contributed by atoms with van der Waals surface area (Å²) in [6.07, 6.45) is 6.91. The second kappa shape index (κ2) is 8.17. The molecule has 0 radical (unpaired) electrons. The van der Waals surface area contributed by atoms with E-state index in [1.54, 1.807) is 5.56 Å². The van der Waals surface area contributed by atoms with Gasteiger partial charge in [-0.1, -0.05) is 24.3 Å². The summed E-state index contributed by atoms with van der Waals surface area (Å²) in [6, 6.07) is 9.32. The maximum Gasteiger partial charge on any atom is 0.0233 e. The molecule has 0 aromatic heterocycles. The van der Waals surface area contributed by atoms with E-state index >= 15 is 0 Å². The molecule has 3 rings (SSSR count). The molecule has 1 aromatic rings. The Balaban J connectivity index is 0.00000161. The van der Waals surface area contributed by atoms with Crippen LogP contribution in [0.2, 0.25) is 0 Å². The third kappa shape index (κ3) is 4.98. The molecular weight excluding hydrogens is 280 g/mol. The predicted molar refractivity (Wildman–Crippen MR) is 92.2 cm³/mol. The van der Waals surface area contributed by atoms with Gasteiger partial charge in [0, 0.05) is 6.54 Å². The van der Waals surface area contributed by atoms with Crippen molar-refractivity contribution in [2.45, 2.75) is 44.6 Å². The van der Waals surface area contributed by atoms with Crippen LogP contribution in [0, 0.1) is 5.92 Å². The van der Waals surface area contributed by atoms with Crippen molar-refractivity contribution < 1.29 is 0 Å². The minimum Gasteiger partial charge on any atom is -0.320 e. The fourth-order valence-corrected chi connectivity index (χ4v) is 3.40. The van der Waals surface area contributed by atoms with Crippen LogP contribution in [0.3, 0.4) is 0 Å². The lowest BCUT2D eigenvalue weighted by molar-refractivity contribution is 0.172. The van der Waals surface area contributed by atoms with Gasteiger partial charge in [0.05, 0.1) is 0 Å². The van der Waals surface area contributed by atoms with Gasteiger partial charge in [0.2, 0.25) is 0 Å². The predicted octanol–water partition coefficient (Wildman–Crippen LogP) is 3.81. The van der Waals surface area contributed by atoms with E-state index in [0.717, 1.165) is 18.4 Å². The summed E-state index contributed by atoms with van der Waals surface area (Å²) in [4.78, 5) is 2.64. The second-order valence-corrected chi connectivity index (χ2v) is 6.63. The number of hydrogen-bond acceptors (Lipinski definition) is 2. The van der Waals surface area contributed by atoms with Crippen molar-refractivity contribution in [3.05, 3.63) is 35.4 Å². The summed E-state index contributed by atoms with van der Waals surface area (Å²) < 4.78 is 0. The maximum absolute atomic E-state index is 3.28. The van der Waals surface area contributed by atoms with Crippen LogP contribution in [0.4, 0.5) is 0 Å². The molecule has 118 valence electrons. The highest BCUT2D eigenvalue weighted by Gasteiger charge is 2.24. The molecule has 2 nitrogen and oxygen atoms in total. The number of likely N-dealkylation sites (tertiary alicyclic amines) is 1. The summed E-state index contributed by atoms with van der Waals surface area (Å²) >= 11 is 0. The number of benzene rings is 1.